The van der Waals surface area contributed by atoms with Crippen LogP contribution in [0.1, 0.15) is 27.3 Å². The van der Waals surface area contributed by atoms with Crippen LogP contribution in [0.3, 0.4) is 0 Å². The third kappa shape index (κ3) is 4.37. The Morgan fingerprint density at radius 1 is 1.17 bits per heavy atom. The number of nitrogens with one attached hydrogen (secondary N) is 1. The Kier molecular flexibility index (Phi) is 5.12. The second kappa shape index (κ2) is 6.89. The molecule has 0 saturated carbocycles. The second-order valence-corrected chi connectivity index (χ2v) is 6.98. The number of aromatic nitrogens is 1. The Hall–Kier alpha value is -2.25. The van der Waals surface area contributed by atoms with Crippen LogP contribution in [0, 0.1) is 13.8 Å². The average molecular weight is 334 g/mol. The van der Waals surface area contributed by atoms with Gasteiger partial charge in [-0.3, -0.25) is 0 Å². The molecule has 0 unspecified atom stereocenters. The zero-order valence-electron chi connectivity index (χ0n) is 12.9. The molecule has 0 fully saturated rings. The molecule has 0 radical (unpaired) electrons. The van der Waals surface area contributed by atoms with Gasteiger partial charge in [-0.15, -0.1) is 0 Å². The smallest absolute Gasteiger partial charge is 0.354 e. The molecular weight excluding hydrogens is 316 g/mol. The highest BCUT2D eigenvalue weighted by Crippen LogP contribution is 2.14. The Morgan fingerprint density at radius 2 is 1.91 bits per heavy atom. The van der Waals surface area contributed by atoms with Gasteiger partial charge in [-0.25, -0.2) is 22.9 Å². The third-order valence-corrected chi connectivity index (χ3v) is 4.95. The highest BCUT2D eigenvalue weighted by molar-refractivity contribution is 7.89. The lowest BCUT2D eigenvalue weighted by molar-refractivity contribution is 0.0690. The van der Waals surface area contributed by atoms with Crippen molar-refractivity contribution in [2.24, 2.45) is 0 Å². The van der Waals surface area contributed by atoms with Crippen LogP contribution in [-0.2, 0) is 16.4 Å². The first-order valence-electron chi connectivity index (χ1n) is 7.06. The lowest BCUT2D eigenvalue weighted by Crippen LogP contribution is -2.26. The van der Waals surface area contributed by atoms with Crippen molar-refractivity contribution in [1.82, 2.24) is 9.71 Å². The van der Waals surface area contributed by atoms with E-state index in [9.17, 15) is 13.2 Å². The molecule has 0 spiro atoms. The SMILES string of the molecule is Cc1ccc(S(=O)(=O)NCCc2cccc(C(=O)O)n2)cc1C. The summed E-state index contributed by atoms with van der Waals surface area (Å²) >= 11 is 0. The number of carbonyl (C=O) groups is 1. The van der Waals surface area contributed by atoms with E-state index in [1.807, 2.05) is 13.8 Å². The van der Waals surface area contributed by atoms with Gasteiger partial charge >= 0.3 is 5.97 Å². The van der Waals surface area contributed by atoms with Crippen LogP contribution in [0.5, 0.6) is 0 Å². The van der Waals surface area contributed by atoms with Crippen molar-refractivity contribution >= 4 is 16.0 Å². The minimum atomic E-state index is -3.59. The van der Waals surface area contributed by atoms with E-state index in [2.05, 4.69) is 9.71 Å². The van der Waals surface area contributed by atoms with Gasteiger partial charge in [-0.1, -0.05) is 12.1 Å². The molecule has 0 bridgehead atoms. The molecule has 0 amide bonds. The third-order valence-electron chi connectivity index (χ3n) is 3.49. The van der Waals surface area contributed by atoms with Gasteiger partial charge in [-0.05, 0) is 49.2 Å². The van der Waals surface area contributed by atoms with Crippen LogP contribution >= 0.6 is 0 Å². The van der Waals surface area contributed by atoms with Gasteiger partial charge in [0.15, 0.2) is 0 Å². The van der Waals surface area contributed by atoms with Gasteiger partial charge in [-0.2, -0.15) is 0 Å². The summed E-state index contributed by atoms with van der Waals surface area (Å²) < 4.78 is 27.0. The molecule has 0 atom stereocenters. The van der Waals surface area contributed by atoms with Gasteiger partial charge in [0, 0.05) is 18.7 Å². The standard InChI is InChI=1S/C16H18N2O4S/c1-11-6-7-14(10-12(11)2)23(21,22)17-9-8-13-4-3-5-15(18-13)16(19)20/h3-7,10,17H,8-9H2,1-2H3,(H,19,20). The van der Waals surface area contributed by atoms with E-state index in [1.165, 1.54) is 6.07 Å². The fourth-order valence-corrected chi connectivity index (χ4v) is 3.13. The summed E-state index contributed by atoms with van der Waals surface area (Å²) in [5, 5.41) is 8.89. The van der Waals surface area contributed by atoms with E-state index in [0.717, 1.165) is 11.1 Å². The maximum atomic E-state index is 12.2. The molecule has 2 rings (SSSR count). The number of aryl methyl sites for hydroxylation is 2. The Labute approximate surface area is 135 Å². The van der Waals surface area contributed by atoms with E-state index >= 15 is 0 Å². The predicted molar refractivity (Wildman–Crippen MR) is 86.0 cm³/mol. The molecule has 0 aliphatic heterocycles. The summed E-state index contributed by atoms with van der Waals surface area (Å²) in [7, 11) is -3.59. The zero-order chi connectivity index (χ0) is 17.0. The van der Waals surface area contributed by atoms with Crippen LogP contribution < -0.4 is 4.72 Å². The van der Waals surface area contributed by atoms with Gasteiger partial charge in [0.1, 0.15) is 5.69 Å². The van der Waals surface area contributed by atoms with Crippen LogP contribution in [0.2, 0.25) is 0 Å². The van der Waals surface area contributed by atoms with Crippen LogP contribution in [0.4, 0.5) is 0 Å². The van der Waals surface area contributed by atoms with E-state index in [1.54, 1.807) is 30.3 Å². The van der Waals surface area contributed by atoms with Crippen molar-refractivity contribution in [3.8, 4) is 0 Å². The largest absolute Gasteiger partial charge is 0.477 e. The summed E-state index contributed by atoms with van der Waals surface area (Å²) in [6, 6.07) is 9.60. The fourth-order valence-electron chi connectivity index (χ4n) is 2.02. The molecule has 7 heteroatoms. The number of hydrogen-bond acceptors (Lipinski definition) is 4. The van der Waals surface area contributed by atoms with Crippen LogP contribution in [0.25, 0.3) is 0 Å². The molecule has 0 aliphatic carbocycles. The summed E-state index contributed by atoms with van der Waals surface area (Å²) in [4.78, 5) is 15.0. The highest BCUT2D eigenvalue weighted by atomic mass is 32.2. The quantitative estimate of drug-likeness (QED) is 0.841. The number of pyridine rings is 1. The summed E-state index contributed by atoms with van der Waals surface area (Å²) in [6.45, 7) is 3.92. The second-order valence-electron chi connectivity index (χ2n) is 5.21. The van der Waals surface area contributed by atoms with Crippen molar-refractivity contribution < 1.29 is 18.3 Å². The molecule has 23 heavy (non-hydrogen) atoms. The number of carboxylic acids is 1. The van der Waals surface area contributed by atoms with Crippen LogP contribution in [0.15, 0.2) is 41.3 Å². The first-order chi connectivity index (χ1) is 10.8. The summed E-state index contributed by atoms with van der Waals surface area (Å²) in [5.41, 5.74) is 2.40. The van der Waals surface area contributed by atoms with E-state index < -0.39 is 16.0 Å². The average Bonchev–Trinajstić information content (AvgIpc) is 2.50. The Morgan fingerprint density at radius 3 is 2.57 bits per heavy atom. The van der Waals surface area contributed by atoms with E-state index in [-0.39, 0.29) is 17.1 Å². The van der Waals surface area contributed by atoms with Gasteiger partial charge in [0.2, 0.25) is 10.0 Å². The Balaban J connectivity index is 2.03. The van der Waals surface area contributed by atoms with Crippen molar-refractivity contribution in [2.45, 2.75) is 25.2 Å². The van der Waals surface area contributed by atoms with Crippen molar-refractivity contribution in [2.75, 3.05) is 6.54 Å². The van der Waals surface area contributed by atoms with Crippen molar-refractivity contribution in [3.05, 3.63) is 58.9 Å². The summed E-state index contributed by atoms with van der Waals surface area (Å²) in [6.07, 6.45) is 0.311. The molecule has 0 aliphatic rings. The molecule has 122 valence electrons. The molecule has 1 aromatic carbocycles. The van der Waals surface area contributed by atoms with Gasteiger partial charge in [0.25, 0.3) is 0 Å². The van der Waals surface area contributed by atoms with Crippen molar-refractivity contribution in [1.29, 1.82) is 0 Å². The minimum Gasteiger partial charge on any atom is -0.477 e. The van der Waals surface area contributed by atoms with Gasteiger partial charge < -0.3 is 5.11 Å². The molecule has 1 heterocycles. The predicted octanol–water partition coefficient (Wildman–Crippen LogP) is 1.92. The molecular formula is C16H18N2O4S. The highest BCUT2D eigenvalue weighted by Gasteiger charge is 2.14. The monoisotopic (exact) mass is 334 g/mol. The normalized spacial score (nSPS) is 11.4. The lowest BCUT2D eigenvalue weighted by Gasteiger charge is -2.08. The van der Waals surface area contributed by atoms with Gasteiger partial charge in [0.05, 0.1) is 4.90 Å². The maximum Gasteiger partial charge on any atom is 0.354 e. The molecule has 1 aromatic heterocycles. The molecule has 6 nitrogen and oxygen atoms in total. The number of rotatable bonds is 6. The minimum absolute atomic E-state index is 0.0560. The Bertz CT molecular complexity index is 832. The number of benzene rings is 1. The zero-order valence-corrected chi connectivity index (χ0v) is 13.7. The number of nitrogens with zero attached hydrogens (tertiary/aromatic N) is 1. The first-order valence-corrected chi connectivity index (χ1v) is 8.54. The molecule has 2 N–H and O–H groups in total. The first kappa shape index (κ1) is 17.1. The molecule has 2 aromatic rings. The maximum absolute atomic E-state index is 12.2. The number of carboxylic acid groups (broad SMARTS) is 1. The molecule has 0 saturated heterocycles. The number of aromatic carboxylic acids is 1. The van der Waals surface area contributed by atoms with Crippen molar-refractivity contribution in [3.63, 3.8) is 0 Å². The van der Waals surface area contributed by atoms with E-state index in [4.69, 9.17) is 5.11 Å². The van der Waals surface area contributed by atoms with Crippen LogP contribution in [-0.4, -0.2) is 31.0 Å². The topological polar surface area (TPSA) is 96.4 Å². The number of hydrogen-bond donors (Lipinski definition) is 2. The van der Waals surface area contributed by atoms with E-state index in [0.29, 0.717) is 12.1 Å². The summed E-state index contributed by atoms with van der Waals surface area (Å²) in [5.74, 6) is -1.11. The lowest BCUT2D eigenvalue weighted by atomic mass is 10.1. The number of sulfonamides is 1. The fraction of sp³-hybridized carbons (Fsp3) is 0.250.